The first kappa shape index (κ1) is 29.2. The molecule has 1 aromatic carbocycles. The van der Waals surface area contributed by atoms with E-state index < -0.39 is 0 Å². The first-order valence-corrected chi connectivity index (χ1v) is 13.5. The van der Waals surface area contributed by atoms with Gasteiger partial charge >= 0.3 is 0 Å². The molecular weight excluding hydrogens is 493 g/mol. The Balaban J connectivity index is 1.49. The average molecular weight is 532 g/mol. The summed E-state index contributed by atoms with van der Waals surface area (Å²) < 4.78 is 18.5. The van der Waals surface area contributed by atoms with Crippen molar-refractivity contribution >= 4 is 23.3 Å². The number of ketones is 1. The Bertz CT molecular complexity index is 1030. The number of benzene rings is 1. The SMILES string of the molecule is COCCN(C(=O)Cc1ccc(F)cc1)C1CCN([C@H](C)CCCC(=O)c2c(C)cc(Cl)nc2C)CC1. The third-order valence-corrected chi connectivity index (χ3v) is 7.55. The van der Waals surface area contributed by atoms with E-state index in [0.717, 1.165) is 49.9 Å². The van der Waals surface area contributed by atoms with E-state index in [1.165, 1.54) is 12.1 Å². The van der Waals surface area contributed by atoms with Crippen LogP contribution in [0.2, 0.25) is 5.15 Å². The highest BCUT2D eigenvalue weighted by Crippen LogP contribution is 2.23. The van der Waals surface area contributed by atoms with Gasteiger partial charge in [-0.15, -0.1) is 0 Å². The molecule has 0 N–H and O–H groups in total. The van der Waals surface area contributed by atoms with Gasteiger partial charge in [0.2, 0.25) is 5.91 Å². The van der Waals surface area contributed by atoms with Crippen molar-refractivity contribution in [3.63, 3.8) is 0 Å². The highest BCUT2D eigenvalue weighted by molar-refractivity contribution is 6.29. The molecule has 3 rings (SSSR count). The number of amides is 1. The van der Waals surface area contributed by atoms with Gasteiger partial charge in [-0.1, -0.05) is 23.7 Å². The van der Waals surface area contributed by atoms with Gasteiger partial charge in [-0.25, -0.2) is 9.37 Å². The normalized spacial score (nSPS) is 15.5. The molecule has 0 radical (unpaired) electrons. The molecule has 202 valence electrons. The molecule has 0 unspecified atom stereocenters. The molecule has 0 saturated carbocycles. The van der Waals surface area contributed by atoms with Crippen LogP contribution in [-0.4, -0.2) is 71.9 Å². The molecule has 8 heteroatoms. The fourth-order valence-electron chi connectivity index (χ4n) is 5.29. The lowest BCUT2D eigenvalue weighted by Crippen LogP contribution is -2.50. The topological polar surface area (TPSA) is 62.7 Å². The van der Waals surface area contributed by atoms with Gasteiger partial charge in [0, 0.05) is 50.8 Å². The summed E-state index contributed by atoms with van der Waals surface area (Å²) in [6.07, 6.45) is 4.31. The number of methoxy groups -OCH3 is 1. The number of aromatic nitrogens is 1. The molecule has 37 heavy (non-hydrogen) atoms. The van der Waals surface area contributed by atoms with Gasteiger partial charge in [-0.3, -0.25) is 9.59 Å². The second-order valence-electron chi connectivity index (χ2n) is 10.0. The van der Waals surface area contributed by atoms with E-state index in [9.17, 15) is 14.0 Å². The zero-order chi connectivity index (χ0) is 26.9. The van der Waals surface area contributed by atoms with E-state index in [2.05, 4.69) is 16.8 Å². The van der Waals surface area contributed by atoms with E-state index >= 15 is 0 Å². The van der Waals surface area contributed by atoms with Crippen molar-refractivity contribution in [2.75, 3.05) is 33.4 Å². The van der Waals surface area contributed by atoms with Crippen LogP contribution >= 0.6 is 11.6 Å². The number of carbonyl (C=O) groups is 2. The van der Waals surface area contributed by atoms with Gasteiger partial charge in [0.25, 0.3) is 0 Å². The van der Waals surface area contributed by atoms with Crippen LogP contribution in [-0.2, 0) is 16.0 Å². The number of Topliss-reactive ketones (excluding diaryl/α,β-unsaturated/α-hetero) is 1. The Hall–Kier alpha value is -2.35. The smallest absolute Gasteiger partial charge is 0.227 e. The number of hydrogen-bond acceptors (Lipinski definition) is 5. The minimum Gasteiger partial charge on any atom is -0.383 e. The number of carbonyl (C=O) groups excluding carboxylic acids is 2. The summed E-state index contributed by atoms with van der Waals surface area (Å²) in [6.45, 7) is 8.81. The van der Waals surface area contributed by atoms with Crippen LogP contribution in [0.3, 0.4) is 0 Å². The molecule has 0 spiro atoms. The summed E-state index contributed by atoms with van der Waals surface area (Å²) in [5.41, 5.74) is 3.08. The fraction of sp³-hybridized carbons (Fsp3) is 0.552. The summed E-state index contributed by atoms with van der Waals surface area (Å²) >= 11 is 6.00. The van der Waals surface area contributed by atoms with E-state index in [4.69, 9.17) is 16.3 Å². The van der Waals surface area contributed by atoms with Gasteiger partial charge in [-0.05, 0) is 75.8 Å². The maximum Gasteiger partial charge on any atom is 0.227 e. The summed E-state index contributed by atoms with van der Waals surface area (Å²) in [7, 11) is 1.64. The van der Waals surface area contributed by atoms with Crippen molar-refractivity contribution in [1.29, 1.82) is 0 Å². The largest absolute Gasteiger partial charge is 0.383 e. The lowest BCUT2D eigenvalue weighted by Gasteiger charge is -2.41. The number of piperidine rings is 1. The zero-order valence-electron chi connectivity index (χ0n) is 22.4. The van der Waals surface area contributed by atoms with Crippen LogP contribution < -0.4 is 0 Å². The molecule has 1 saturated heterocycles. The molecule has 1 aromatic heterocycles. The number of pyridine rings is 1. The van der Waals surface area contributed by atoms with Crippen LogP contribution in [0.15, 0.2) is 30.3 Å². The molecule has 1 aliphatic heterocycles. The van der Waals surface area contributed by atoms with Gasteiger partial charge in [0.05, 0.1) is 18.7 Å². The molecule has 1 atom stereocenters. The minimum absolute atomic E-state index is 0.0518. The van der Waals surface area contributed by atoms with E-state index in [1.807, 2.05) is 18.7 Å². The highest BCUT2D eigenvalue weighted by atomic mass is 35.5. The maximum atomic E-state index is 13.2. The Labute approximate surface area is 225 Å². The minimum atomic E-state index is -0.300. The first-order chi connectivity index (χ1) is 17.7. The van der Waals surface area contributed by atoms with Gasteiger partial charge < -0.3 is 14.5 Å². The Morgan fingerprint density at radius 2 is 1.89 bits per heavy atom. The van der Waals surface area contributed by atoms with Gasteiger partial charge in [0.1, 0.15) is 11.0 Å². The van der Waals surface area contributed by atoms with Crippen molar-refractivity contribution in [1.82, 2.24) is 14.8 Å². The Kier molecular flexibility index (Phi) is 11.0. The predicted octanol–water partition coefficient (Wildman–Crippen LogP) is 5.41. The summed E-state index contributed by atoms with van der Waals surface area (Å²) in [4.78, 5) is 34.6. The van der Waals surface area contributed by atoms with Gasteiger partial charge in [-0.2, -0.15) is 0 Å². The molecule has 6 nitrogen and oxygen atoms in total. The third kappa shape index (κ3) is 8.32. The van der Waals surface area contributed by atoms with Crippen molar-refractivity contribution in [2.45, 2.75) is 71.4 Å². The first-order valence-electron chi connectivity index (χ1n) is 13.1. The number of aryl methyl sites for hydroxylation is 2. The number of rotatable bonds is 12. The van der Waals surface area contributed by atoms with Crippen molar-refractivity contribution in [3.05, 3.63) is 63.7 Å². The Morgan fingerprint density at radius 3 is 2.51 bits per heavy atom. The van der Waals surface area contributed by atoms with Gasteiger partial charge in [0.15, 0.2) is 5.78 Å². The Morgan fingerprint density at radius 1 is 1.22 bits per heavy atom. The fourth-order valence-corrected chi connectivity index (χ4v) is 5.58. The summed E-state index contributed by atoms with van der Waals surface area (Å²) in [5.74, 6) is -0.125. The quantitative estimate of drug-likeness (QED) is 0.270. The van der Waals surface area contributed by atoms with Crippen LogP contribution in [0.4, 0.5) is 4.39 Å². The van der Waals surface area contributed by atoms with Crippen LogP contribution in [0.1, 0.15) is 66.2 Å². The van der Waals surface area contributed by atoms with E-state index in [-0.39, 0.29) is 30.0 Å². The predicted molar refractivity (Wildman–Crippen MR) is 145 cm³/mol. The molecule has 0 bridgehead atoms. The number of likely N-dealkylation sites (tertiary alicyclic amines) is 1. The standard InChI is InChI=1S/C29H39ClFN3O3/c1-20-18-27(30)32-22(3)29(20)26(35)7-5-6-21(2)33-14-12-25(13-15-33)34(16-17-37-4)28(36)19-23-8-10-24(31)11-9-23/h8-11,18,21,25H,5-7,12-17,19H2,1-4H3/t21-/m1/s1. The number of hydrogen-bond donors (Lipinski definition) is 0. The van der Waals surface area contributed by atoms with Crippen LogP contribution in [0.5, 0.6) is 0 Å². The van der Waals surface area contributed by atoms with Crippen molar-refractivity contribution < 1.29 is 18.7 Å². The highest BCUT2D eigenvalue weighted by Gasteiger charge is 2.29. The monoisotopic (exact) mass is 531 g/mol. The van der Waals surface area contributed by atoms with Crippen molar-refractivity contribution in [3.8, 4) is 0 Å². The number of halogens is 2. The third-order valence-electron chi connectivity index (χ3n) is 7.36. The average Bonchev–Trinajstić information content (AvgIpc) is 2.85. The molecule has 1 fully saturated rings. The zero-order valence-corrected chi connectivity index (χ0v) is 23.2. The number of nitrogens with zero attached hydrogens (tertiary/aromatic N) is 3. The maximum absolute atomic E-state index is 13.2. The van der Waals surface area contributed by atoms with E-state index in [1.54, 1.807) is 25.3 Å². The lowest BCUT2D eigenvalue weighted by atomic mass is 9.97. The summed E-state index contributed by atoms with van der Waals surface area (Å²) in [6, 6.07) is 8.40. The summed E-state index contributed by atoms with van der Waals surface area (Å²) in [5, 5.41) is 0.418. The molecule has 0 aliphatic carbocycles. The molecule has 1 amide bonds. The molecular formula is C29H39ClFN3O3. The van der Waals surface area contributed by atoms with Crippen LogP contribution in [0.25, 0.3) is 0 Å². The van der Waals surface area contributed by atoms with E-state index in [0.29, 0.717) is 42.0 Å². The number of ether oxygens (including phenoxy) is 1. The molecule has 1 aliphatic rings. The van der Waals surface area contributed by atoms with Crippen molar-refractivity contribution in [2.24, 2.45) is 0 Å². The second-order valence-corrected chi connectivity index (χ2v) is 10.4. The molecule has 2 aromatic rings. The lowest BCUT2D eigenvalue weighted by molar-refractivity contribution is -0.134. The second kappa shape index (κ2) is 14.0. The van der Waals surface area contributed by atoms with Crippen LogP contribution in [0, 0.1) is 19.7 Å². The molecule has 2 heterocycles.